The van der Waals surface area contributed by atoms with Crippen LogP contribution < -0.4 is 5.32 Å². The van der Waals surface area contributed by atoms with Crippen LogP contribution >= 0.6 is 0 Å². The zero-order chi connectivity index (χ0) is 22.5. The summed E-state index contributed by atoms with van der Waals surface area (Å²) in [5.41, 5.74) is 2.02. The van der Waals surface area contributed by atoms with Gasteiger partial charge in [0.1, 0.15) is 5.82 Å². The summed E-state index contributed by atoms with van der Waals surface area (Å²) in [7, 11) is 1.86. The number of carboxylic acid groups (broad SMARTS) is 1. The molecule has 1 aromatic carbocycles. The summed E-state index contributed by atoms with van der Waals surface area (Å²) in [5, 5.41) is 30.1. The van der Waals surface area contributed by atoms with Gasteiger partial charge in [-0.1, -0.05) is 38.8 Å². The smallest absolute Gasteiger partial charge is 0.334 e. The zero-order valence-electron chi connectivity index (χ0n) is 18.3. The Balaban J connectivity index is 2.13. The number of aryl methyl sites for hydroxylation is 1. The molecule has 31 heavy (non-hydrogen) atoms. The van der Waals surface area contributed by atoms with Crippen molar-refractivity contribution in [1.82, 2.24) is 9.78 Å². The van der Waals surface area contributed by atoms with Crippen LogP contribution in [0.2, 0.25) is 0 Å². The number of carbonyl (C=O) groups is 1. The van der Waals surface area contributed by atoms with Crippen molar-refractivity contribution in [3.63, 3.8) is 0 Å². The summed E-state index contributed by atoms with van der Waals surface area (Å²) in [6.45, 7) is 5.72. The molecular weight excluding hydrogens is 396 g/mol. The van der Waals surface area contributed by atoms with E-state index in [9.17, 15) is 20.0 Å². The summed E-state index contributed by atoms with van der Waals surface area (Å²) >= 11 is 0. The van der Waals surface area contributed by atoms with Gasteiger partial charge in [-0.15, -0.1) is 0 Å². The van der Waals surface area contributed by atoms with Crippen LogP contribution in [0.1, 0.15) is 69.2 Å². The topological polar surface area (TPSA) is 110 Å². The van der Waals surface area contributed by atoms with Crippen LogP contribution in [0.3, 0.4) is 0 Å². The monoisotopic (exact) mass is 424 g/mol. The number of aliphatic carboxylic acids is 1. The van der Waals surface area contributed by atoms with Gasteiger partial charge in [0.05, 0.1) is 21.6 Å². The van der Waals surface area contributed by atoms with E-state index in [0.29, 0.717) is 11.3 Å². The molecule has 1 unspecified atom stereocenters. The number of nitrogens with one attached hydrogen (secondary N) is 1. The fraction of sp³-hybridized carbons (Fsp3) is 0.478. The fourth-order valence-electron chi connectivity index (χ4n) is 5.62. The lowest BCUT2D eigenvalue weighted by molar-refractivity contribution is -0.385. The molecule has 0 spiro atoms. The average Bonchev–Trinajstić information content (AvgIpc) is 3.35. The Morgan fingerprint density at radius 1 is 1.35 bits per heavy atom. The highest BCUT2D eigenvalue weighted by Gasteiger charge is 2.53. The Kier molecular flexibility index (Phi) is 5.11. The third-order valence-electron chi connectivity index (χ3n) is 6.88. The minimum absolute atomic E-state index is 0.0497. The molecule has 2 heterocycles. The number of nitrogens with zero attached hydrogens (tertiary/aromatic N) is 3. The number of aromatic nitrogens is 2. The number of hydrogen-bond acceptors (Lipinski definition) is 5. The lowest BCUT2D eigenvalue weighted by Crippen LogP contribution is -2.44. The normalized spacial score (nSPS) is 21.3. The molecule has 0 bridgehead atoms. The Bertz CT molecular complexity index is 1090. The van der Waals surface area contributed by atoms with E-state index in [2.05, 4.69) is 5.32 Å². The molecule has 8 nitrogen and oxygen atoms in total. The van der Waals surface area contributed by atoms with Gasteiger partial charge in [-0.2, -0.15) is 5.10 Å². The summed E-state index contributed by atoms with van der Waals surface area (Å²) in [4.78, 5) is 23.8. The molecule has 2 N–H and O–H groups in total. The van der Waals surface area contributed by atoms with Crippen molar-refractivity contribution in [2.24, 2.45) is 13.0 Å². The van der Waals surface area contributed by atoms with Gasteiger partial charge in [0.2, 0.25) is 0 Å². The van der Waals surface area contributed by atoms with E-state index in [1.165, 1.54) is 12.1 Å². The van der Waals surface area contributed by atoms with Gasteiger partial charge in [-0.3, -0.25) is 14.8 Å². The van der Waals surface area contributed by atoms with Crippen LogP contribution in [0, 0.1) is 16.0 Å². The second-order valence-electron chi connectivity index (χ2n) is 8.91. The SMILES string of the molecule is CC1=C(C(=O)O)C(c2cccc([N+](=O)[O-])c2)(C(C)C)c2c(C3CCCC3)nn(C)c2N1. The first-order chi connectivity index (χ1) is 14.7. The van der Waals surface area contributed by atoms with Crippen molar-refractivity contribution in [3.8, 4) is 0 Å². The average molecular weight is 425 g/mol. The largest absolute Gasteiger partial charge is 0.478 e. The number of non-ortho nitro benzene ring substituents is 1. The van der Waals surface area contributed by atoms with E-state index in [4.69, 9.17) is 5.10 Å². The Hall–Kier alpha value is -3.16. The number of fused-ring (bicyclic) bond motifs is 1. The molecule has 164 valence electrons. The zero-order valence-corrected chi connectivity index (χ0v) is 18.3. The lowest BCUT2D eigenvalue weighted by Gasteiger charge is -2.43. The predicted octanol–water partition coefficient (Wildman–Crippen LogP) is 4.71. The minimum atomic E-state index is -1.06. The van der Waals surface area contributed by atoms with Crippen molar-refractivity contribution in [2.45, 2.75) is 57.8 Å². The summed E-state index contributed by atoms with van der Waals surface area (Å²) in [6, 6.07) is 6.41. The molecular formula is C23H28N4O4. The Morgan fingerprint density at radius 3 is 2.61 bits per heavy atom. The van der Waals surface area contributed by atoms with Crippen LogP contribution in [0.15, 0.2) is 35.5 Å². The van der Waals surface area contributed by atoms with E-state index in [0.717, 1.165) is 42.8 Å². The van der Waals surface area contributed by atoms with Gasteiger partial charge < -0.3 is 10.4 Å². The van der Waals surface area contributed by atoms with Gasteiger partial charge in [-0.25, -0.2) is 4.79 Å². The highest BCUT2D eigenvalue weighted by atomic mass is 16.6. The maximum atomic E-state index is 12.7. The van der Waals surface area contributed by atoms with Crippen LogP contribution in [0.5, 0.6) is 0 Å². The van der Waals surface area contributed by atoms with E-state index in [1.54, 1.807) is 17.7 Å². The first kappa shape index (κ1) is 21.1. The van der Waals surface area contributed by atoms with Crippen LogP contribution in [0.4, 0.5) is 11.5 Å². The standard InChI is InChI=1S/C23H28N4O4/c1-13(2)23(16-10-7-11-17(12-16)27(30)31)18(22(28)29)14(3)24-21-19(23)20(25-26(21)4)15-8-5-6-9-15/h7,10-13,15,24H,5-6,8-9H2,1-4H3,(H,28,29). The highest BCUT2D eigenvalue weighted by Crippen LogP contribution is 2.55. The van der Waals surface area contributed by atoms with Crippen molar-refractivity contribution < 1.29 is 14.8 Å². The van der Waals surface area contributed by atoms with Crippen molar-refractivity contribution in [1.29, 1.82) is 0 Å². The van der Waals surface area contributed by atoms with Gasteiger partial charge in [0, 0.05) is 36.4 Å². The summed E-state index contributed by atoms with van der Waals surface area (Å²) in [5.74, 6) is -0.190. The number of nitro benzene ring substituents is 1. The quantitative estimate of drug-likeness (QED) is 0.531. The molecule has 4 rings (SSSR count). The molecule has 0 amide bonds. The number of anilines is 1. The molecule has 1 aromatic heterocycles. The van der Waals surface area contributed by atoms with Crippen molar-refractivity contribution >= 4 is 17.5 Å². The number of allylic oxidation sites excluding steroid dienone is 1. The summed E-state index contributed by atoms with van der Waals surface area (Å²) in [6.07, 6.45) is 4.26. The molecule has 1 aliphatic heterocycles. The molecule has 8 heteroatoms. The van der Waals surface area contributed by atoms with E-state index >= 15 is 0 Å². The molecule has 1 fully saturated rings. The molecule has 1 saturated carbocycles. The third kappa shape index (κ3) is 3.04. The van der Waals surface area contributed by atoms with Crippen LogP contribution in [0.25, 0.3) is 0 Å². The maximum absolute atomic E-state index is 12.7. The van der Waals surface area contributed by atoms with Crippen molar-refractivity contribution in [2.75, 3.05) is 5.32 Å². The highest BCUT2D eigenvalue weighted by molar-refractivity contribution is 5.95. The second-order valence-corrected chi connectivity index (χ2v) is 8.91. The molecule has 1 atom stereocenters. The number of benzene rings is 1. The molecule has 0 saturated heterocycles. The van der Waals surface area contributed by atoms with Gasteiger partial charge in [-0.05, 0) is 31.2 Å². The summed E-state index contributed by atoms with van der Waals surface area (Å²) < 4.78 is 1.79. The fourth-order valence-corrected chi connectivity index (χ4v) is 5.62. The second kappa shape index (κ2) is 7.51. The Labute approximate surface area is 181 Å². The van der Waals surface area contributed by atoms with Gasteiger partial charge in [0.15, 0.2) is 0 Å². The number of hydrogen-bond donors (Lipinski definition) is 2. The molecule has 2 aliphatic rings. The van der Waals surface area contributed by atoms with Gasteiger partial charge in [0.25, 0.3) is 5.69 Å². The maximum Gasteiger partial charge on any atom is 0.334 e. The minimum Gasteiger partial charge on any atom is -0.478 e. The lowest BCUT2D eigenvalue weighted by atomic mass is 9.60. The first-order valence-electron chi connectivity index (χ1n) is 10.7. The third-order valence-corrected chi connectivity index (χ3v) is 6.88. The number of rotatable bonds is 5. The van der Waals surface area contributed by atoms with Crippen LogP contribution in [-0.2, 0) is 17.3 Å². The number of carboxylic acids is 1. The van der Waals surface area contributed by atoms with E-state index in [1.807, 2.05) is 27.0 Å². The number of nitro groups is 1. The molecule has 2 aromatic rings. The first-order valence-corrected chi connectivity index (χ1v) is 10.7. The molecule has 1 aliphatic carbocycles. The Morgan fingerprint density at radius 2 is 2.03 bits per heavy atom. The van der Waals surface area contributed by atoms with Crippen molar-refractivity contribution in [3.05, 3.63) is 62.5 Å². The predicted molar refractivity (Wildman–Crippen MR) is 117 cm³/mol. The van der Waals surface area contributed by atoms with E-state index in [-0.39, 0.29) is 23.1 Å². The van der Waals surface area contributed by atoms with Crippen LogP contribution in [-0.4, -0.2) is 25.8 Å². The van der Waals surface area contributed by atoms with Gasteiger partial charge >= 0.3 is 5.97 Å². The van der Waals surface area contributed by atoms with E-state index < -0.39 is 16.3 Å². The molecule has 0 radical (unpaired) electrons.